The molecule has 0 unspecified atom stereocenters. The van der Waals surface area contributed by atoms with E-state index in [1.165, 1.54) is 25.3 Å². The van der Waals surface area contributed by atoms with Crippen molar-refractivity contribution in [3.05, 3.63) is 23.8 Å². The summed E-state index contributed by atoms with van der Waals surface area (Å²) in [5.74, 6) is 0.187. The summed E-state index contributed by atoms with van der Waals surface area (Å²) in [4.78, 5) is 0. The first-order valence-corrected chi connectivity index (χ1v) is 4.12. The number of hydrogen-bond donors (Lipinski definition) is 2. The maximum absolute atomic E-state index is 12.3. The van der Waals surface area contributed by atoms with Crippen LogP contribution in [0.15, 0.2) is 18.2 Å². The third-order valence-electron chi connectivity index (χ3n) is 1.97. The predicted octanol–water partition coefficient (Wildman–Crippen LogP) is 1.84. The van der Waals surface area contributed by atoms with Gasteiger partial charge < -0.3 is 16.2 Å². The van der Waals surface area contributed by atoms with Crippen molar-refractivity contribution in [1.29, 1.82) is 0 Å². The highest BCUT2D eigenvalue weighted by molar-refractivity contribution is 5.54. The lowest BCUT2D eigenvalue weighted by atomic mass is 10.1. The second-order valence-electron chi connectivity index (χ2n) is 3.02. The predicted molar refractivity (Wildman–Crippen MR) is 50.4 cm³/mol. The number of rotatable bonds is 2. The zero-order chi connectivity index (χ0) is 11.6. The molecule has 3 nitrogen and oxygen atoms in total. The number of nitrogens with two attached hydrogens (primary N) is 2. The summed E-state index contributed by atoms with van der Waals surface area (Å²) in [6, 6.07) is 1.73. The van der Waals surface area contributed by atoms with Crippen molar-refractivity contribution in [2.45, 2.75) is 12.2 Å². The number of alkyl halides is 3. The molecule has 84 valence electrons. The fourth-order valence-corrected chi connectivity index (χ4v) is 1.11. The molecule has 1 atom stereocenters. The zero-order valence-electron chi connectivity index (χ0n) is 8.01. The highest BCUT2D eigenvalue weighted by Crippen LogP contribution is 2.33. The minimum atomic E-state index is -4.47. The summed E-state index contributed by atoms with van der Waals surface area (Å²) in [5, 5.41) is 0. The fourth-order valence-electron chi connectivity index (χ4n) is 1.11. The largest absolute Gasteiger partial charge is 0.495 e. The Kier molecular flexibility index (Phi) is 3.09. The van der Waals surface area contributed by atoms with Crippen LogP contribution < -0.4 is 16.2 Å². The van der Waals surface area contributed by atoms with Gasteiger partial charge in [-0.3, -0.25) is 0 Å². The molecule has 15 heavy (non-hydrogen) atoms. The first-order chi connectivity index (χ1) is 6.86. The van der Waals surface area contributed by atoms with E-state index in [1.807, 2.05) is 0 Å². The van der Waals surface area contributed by atoms with E-state index in [4.69, 9.17) is 16.2 Å². The first-order valence-electron chi connectivity index (χ1n) is 4.12. The average molecular weight is 220 g/mol. The quantitative estimate of drug-likeness (QED) is 0.747. The molecular formula is C9H11F3N2O. The van der Waals surface area contributed by atoms with Crippen LogP contribution in [0.2, 0.25) is 0 Å². The van der Waals surface area contributed by atoms with E-state index in [0.29, 0.717) is 0 Å². The summed E-state index contributed by atoms with van der Waals surface area (Å²) in [7, 11) is 1.33. The molecule has 1 rings (SSSR count). The monoisotopic (exact) mass is 220 g/mol. The Morgan fingerprint density at radius 1 is 1.33 bits per heavy atom. The van der Waals surface area contributed by atoms with Crippen molar-refractivity contribution < 1.29 is 17.9 Å². The van der Waals surface area contributed by atoms with E-state index in [0.717, 1.165) is 0 Å². The number of nitrogen functional groups attached to an aromatic ring is 1. The van der Waals surface area contributed by atoms with Crippen LogP contribution in [0.1, 0.15) is 11.6 Å². The fraction of sp³-hybridized carbons (Fsp3) is 0.333. The highest BCUT2D eigenvalue weighted by Gasteiger charge is 2.38. The van der Waals surface area contributed by atoms with Gasteiger partial charge in [-0.15, -0.1) is 0 Å². The van der Waals surface area contributed by atoms with Gasteiger partial charge in [0.1, 0.15) is 11.8 Å². The Hall–Kier alpha value is -1.43. The van der Waals surface area contributed by atoms with E-state index in [9.17, 15) is 13.2 Å². The molecule has 0 aliphatic heterocycles. The minimum absolute atomic E-state index is 0.0754. The van der Waals surface area contributed by atoms with Crippen molar-refractivity contribution in [3.63, 3.8) is 0 Å². The lowest BCUT2D eigenvalue weighted by molar-refractivity contribution is -0.149. The van der Waals surface area contributed by atoms with E-state index < -0.39 is 12.2 Å². The van der Waals surface area contributed by atoms with Gasteiger partial charge in [-0.1, -0.05) is 6.07 Å². The van der Waals surface area contributed by atoms with Gasteiger partial charge in [0.15, 0.2) is 0 Å². The van der Waals surface area contributed by atoms with Crippen LogP contribution in [-0.4, -0.2) is 13.3 Å². The number of benzene rings is 1. The molecular weight excluding hydrogens is 209 g/mol. The van der Waals surface area contributed by atoms with Gasteiger partial charge >= 0.3 is 6.18 Å². The summed E-state index contributed by atoms with van der Waals surface area (Å²) < 4.78 is 41.6. The maximum atomic E-state index is 12.3. The van der Waals surface area contributed by atoms with Crippen molar-refractivity contribution in [3.8, 4) is 5.75 Å². The van der Waals surface area contributed by atoms with E-state index in [-0.39, 0.29) is 17.0 Å². The normalized spacial score (nSPS) is 13.7. The summed E-state index contributed by atoms with van der Waals surface area (Å²) >= 11 is 0. The molecule has 0 bridgehead atoms. The Morgan fingerprint density at radius 3 is 2.40 bits per heavy atom. The number of methoxy groups -OCH3 is 1. The van der Waals surface area contributed by atoms with Crippen LogP contribution >= 0.6 is 0 Å². The molecule has 0 aromatic heterocycles. The molecule has 1 aromatic rings. The molecule has 0 aliphatic carbocycles. The molecule has 0 aliphatic rings. The molecule has 4 N–H and O–H groups in total. The third-order valence-corrected chi connectivity index (χ3v) is 1.97. The summed E-state index contributed by atoms with van der Waals surface area (Å²) in [6.45, 7) is 0. The van der Waals surface area contributed by atoms with Gasteiger partial charge in [-0.25, -0.2) is 0 Å². The minimum Gasteiger partial charge on any atom is -0.495 e. The molecule has 0 saturated heterocycles. The number of halogens is 3. The molecule has 0 fully saturated rings. The molecule has 1 aromatic carbocycles. The number of ether oxygens (including phenoxy) is 1. The van der Waals surface area contributed by atoms with Crippen LogP contribution in [0.5, 0.6) is 5.75 Å². The van der Waals surface area contributed by atoms with Crippen molar-refractivity contribution in [2.75, 3.05) is 12.8 Å². The van der Waals surface area contributed by atoms with Crippen molar-refractivity contribution in [1.82, 2.24) is 0 Å². The van der Waals surface area contributed by atoms with Crippen LogP contribution in [0, 0.1) is 0 Å². The molecule has 0 amide bonds. The standard InChI is InChI=1S/C9H11F3N2O/c1-15-7-4-5(2-3-6(7)13)8(14)9(10,11)12/h2-4,8H,13-14H2,1H3/t8-/m0/s1. The summed E-state index contributed by atoms with van der Waals surface area (Å²) in [5.41, 5.74) is 10.7. The van der Waals surface area contributed by atoms with Crippen LogP contribution in [-0.2, 0) is 0 Å². The molecule has 0 saturated carbocycles. The van der Waals surface area contributed by atoms with Crippen LogP contribution in [0.3, 0.4) is 0 Å². The Morgan fingerprint density at radius 2 is 1.93 bits per heavy atom. The Labute approximate surface area is 84.8 Å². The van der Waals surface area contributed by atoms with Gasteiger partial charge in [0, 0.05) is 0 Å². The maximum Gasteiger partial charge on any atom is 0.407 e. The first kappa shape index (κ1) is 11.6. The van der Waals surface area contributed by atoms with Crippen LogP contribution in [0.25, 0.3) is 0 Å². The van der Waals surface area contributed by atoms with E-state index in [1.54, 1.807) is 0 Å². The second kappa shape index (κ2) is 3.98. The smallest absolute Gasteiger partial charge is 0.407 e. The van der Waals surface area contributed by atoms with Gasteiger partial charge in [0.05, 0.1) is 12.8 Å². The van der Waals surface area contributed by atoms with Gasteiger partial charge in [-0.05, 0) is 17.7 Å². The zero-order valence-corrected chi connectivity index (χ0v) is 8.01. The van der Waals surface area contributed by atoms with Gasteiger partial charge in [-0.2, -0.15) is 13.2 Å². The SMILES string of the molecule is COc1cc([C@H](N)C(F)(F)F)ccc1N. The highest BCUT2D eigenvalue weighted by atomic mass is 19.4. The molecule has 0 heterocycles. The topological polar surface area (TPSA) is 61.3 Å². The summed E-state index contributed by atoms with van der Waals surface area (Å²) in [6.07, 6.45) is -4.47. The lowest BCUT2D eigenvalue weighted by Gasteiger charge is -2.17. The lowest BCUT2D eigenvalue weighted by Crippen LogP contribution is -2.28. The molecule has 0 spiro atoms. The number of hydrogen-bond acceptors (Lipinski definition) is 3. The van der Waals surface area contributed by atoms with Crippen LogP contribution in [0.4, 0.5) is 18.9 Å². The second-order valence-corrected chi connectivity index (χ2v) is 3.02. The average Bonchev–Trinajstić information content (AvgIpc) is 2.16. The number of anilines is 1. The van der Waals surface area contributed by atoms with Gasteiger partial charge in [0.25, 0.3) is 0 Å². The molecule has 6 heteroatoms. The van der Waals surface area contributed by atoms with Crippen molar-refractivity contribution >= 4 is 5.69 Å². The van der Waals surface area contributed by atoms with Crippen molar-refractivity contribution in [2.24, 2.45) is 5.73 Å². The Bertz CT molecular complexity index is 352. The Balaban J connectivity index is 3.06. The van der Waals surface area contributed by atoms with E-state index >= 15 is 0 Å². The molecule has 0 radical (unpaired) electrons. The van der Waals surface area contributed by atoms with Gasteiger partial charge in [0.2, 0.25) is 0 Å². The third kappa shape index (κ3) is 2.53. The van der Waals surface area contributed by atoms with E-state index in [2.05, 4.69) is 0 Å².